The number of aryl methyl sites for hydroxylation is 1. The Kier molecular flexibility index (Phi) is 5.83. The summed E-state index contributed by atoms with van der Waals surface area (Å²) in [6.07, 6.45) is 0.968. The van der Waals surface area contributed by atoms with Crippen LogP contribution in [-0.4, -0.2) is 23.9 Å². The lowest BCUT2D eigenvalue weighted by molar-refractivity contribution is -0.135. The predicted molar refractivity (Wildman–Crippen MR) is 115 cm³/mol. The topological polar surface area (TPSA) is 105 Å². The van der Waals surface area contributed by atoms with Crippen molar-refractivity contribution in [2.45, 2.75) is 32.8 Å². The zero-order valence-corrected chi connectivity index (χ0v) is 17.9. The molecule has 0 bridgehead atoms. The Morgan fingerprint density at radius 1 is 1.03 bits per heavy atom. The van der Waals surface area contributed by atoms with Crippen molar-refractivity contribution in [3.63, 3.8) is 0 Å². The minimum absolute atomic E-state index is 0.0134. The molecule has 8 heteroatoms. The molecule has 0 fully saturated rings. The fraction of sp³-hybridized carbons (Fsp3) is 0.200. The number of fused-ring (bicyclic) bond motifs is 2. The summed E-state index contributed by atoms with van der Waals surface area (Å²) in [7, 11) is 0. The lowest BCUT2D eigenvalue weighted by atomic mass is 9.97. The molecule has 2 aromatic carbocycles. The van der Waals surface area contributed by atoms with Crippen molar-refractivity contribution in [3.05, 3.63) is 76.9 Å². The molecule has 0 unspecified atom stereocenters. The van der Waals surface area contributed by atoms with Gasteiger partial charge in [0.05, 0.1) is 6.42 Å². The zero-order valence-electron chi connectivity index (χ0n) is 17.9. The second-order valence-corrected chi connectivity index (χ2v) is 7.74. The lowest BCUT2D eigenvalue weighted by Crippen LogP contribution is -2.17. The summed E-state index contributed by atoms with van der Waals surface area (Å²) in [5, 5.41) is 0. The van der Waals surface area contributed by atoms with Gasteiger partial charge in [0.1, 0.15) is 29.4 Å². The molecule has 2 aliphatic heterocycles. The zero-order chi connectivity index (χ0) is 23.7. The van der Waals surface area contributed by atoms with Gasteiger partial charge in [-0.25, -0.2) is 14.4 Å². The number of rotatable bonds is 6. The highest BCUT2D eigenvalue weighted by Crippen LogP contribution is 2.34. The van der Waals surface area contributed by atoms with E-state index < -0.39 is 17.9 Å². The maximum Gasteiger partial charge on any atom is 0.342 e. The molecular weight excluding hydrogens is 428 g/mol. The maximum atomic E-state index is 12.6. The van der Waals surface area contributed by atoms with Gasteiger partial charge in [0.2, 0.25) is 0 Å². The summed E-state index contributed by atoms with van der Waals surface area (Å²) in [6.45, 7) is 8.81. The minimum atomic E-state index is -0.672. The van der Waals surface area contributed by atoms with Crippen molar-refractivity contribution in [2.24, 2.45) is 0 Å². The maximum absolute atomic E-state index is 12.6. The van der Waals surface area contributed by atoms with E-state index in [4.69, 9.17) is 18.9 Å². The van der Waals surface area contributed by atoms with Gasteiger partial charge in [-0.2, -0.15) is 0 Å². The molecule has 2 aliphatic rings. The number of ether oxygens (including phenoxy) is 4. The van der Waals surface area contributed by atoms with E-state index in [0.717, 1.165) is 5.56 Å². The summed E-state index contributed by atoms with van der Waals surface area (Å²) in [6, 6.07) is 7.97. The Labute approximate surface area is 189 Å². The third-order valence-corrected chi connectivity index (χ3v) is 5.24. The van der Waals surface area contributed by atoms with E-state index in [1.54, 1.807) is 18.2 Å². The SMILES string of the molecule is C=C(C)C(=O)Oc1ccc(CC(=C)C(=O)Oc2ccc3c(c2)OC(=O)CC3)c2c1C(=O)OC2. The van der Waals surface area contributed by atoms with Crippen LogP contribution in [0.1, 0.15) is 40.4 Å². The van der Waals surface area contributed by atoms with Crippen LogP contribution in [-0.2, 0) is 38.6 Å². The van der Waals surface area contributed by atoms with Crippen LogP contribution in [0.2, 0.25) is 0 Å². The molecular formula is C25H20O8. The Morgan fingerprint density at radius 3 is 2.58 bits per heavy atom. The third-order valence-electron chi connectivity index (χ3n) is 5.24. The molecule has 0 N–H and O–H groups in total. The van der Waals surface area contributed by atoms with Crippen molar-refractivity contribution < 1.29 is 38.1 Å². The minimum Gasteiger partial charge on any atom is -0.457 e. The molecule has 33 heavy (non-hydrogen) atoms. The third kappa shape index (κ3) is 4.55. The van der Waals surface area contributed by atoms with Gasteiger partial charge in [-0.3, -0.25) is 4.79 Å². The second kappa shape index (κ2) is 8.74. The fourth-order valence-corrected chi connectivity index (χ4v) is 3.50. The monoisotopic (exact) mass is 448 g/mol. The predicted octanol–water partition coefficient (Wildman–Crippen LogP) is 3.39. The normalized spacial score (nSPS) is 13.8. The van der Waals surface area contributed by atoms with E-state index in [2.05, 4.69) is 13.2 Å². The molecule has 2 heterocycles. The first-order chi connectivity index (χ1) is 15.7. The van der Waals surface area contributed by atoms with Gasteiger partial charge in [0.25, 0.3) is 0 Å². The standard InChI is InChI=1S/C25H20O8/c1-13(2)23(27)33-19-8-5-16(18-12-30-25(29)22(18)19)10-14(3)24(28)31-17-7-4-15-6-9-21(26)32-20(15)11-17/h4-5,7-8,11H,1,3,6,9-10,12H2,2H3. The van der Waals surface area contributed by atoms with E-state index in [9.17, 15) is 19.2 Å². The highest BCUT2D eigenvalue weighted by atomic mass is 16.6. The van der Waals surface area contributed by atoms with E-state index >= 15 is 0 Å². The molecule has 4 rings (SSSR count). The fourth-order valence-electron chi connectivity index (χ4n) is 3.50. The average molecular weight is 448 g/mol. The van der Waals surface area contributed by atoms with Gasteiger partial charge in [0.15, 0.2) is 0 Å². The van der Waals surface area contributed by atoms with Crippen LogP contribution in [0.3, 0.4) is 0 Å². The van der Waals surface area contributed by atoms with E-state index in [1.165, 1.54) is 19.1 Å². The van der Waals surface area contributed by atoms with Gasteiger partial charge >= 0.3 is 23.9 Å². The van der Waals surface area contributed by atoms with E-state index in [1.807, 2.05) is 0 Å². The second-order valence-electron chi connectivity index (χ2n) is 7.74. The first kappa shape index (κ1) is 22.0. The molecule has 0 spiro atoms. The number of carbonyl (C=O) groups is 4. The number of benzene rings is 2. The number of cyclic esters (lactones) is 1. The summed E-state index contributed by atoms with van der Waals surface area (Å²) in [5.74, 6) is -1.62. The van der Waals surface area contributed by atoms with Gasteiger partial charge in [-0.05, 0) is 36.6 Å². The molecule has 0 saturated carbocycles. The molecule has 0 amide bonds. The number of hydrogen-bond donors (Lipinski definition) is 0. The lowest BCUT2D eigenvalue weighted by Gasteiger charge is -2.16. The number of hydrogen-bond acceptors (Lipinski definition) is 8. The molecule has 0 radical (unpaired) electrons. The smallest absolute Gasteiger partial charge is 0.342 e. The first-order valence-electron chi connectivity index (χ1n) is 10.2. The van der Waals surface area contributed by atoms with Crippen LogP contribution in [0.15, 0.2) is 54.6 Å². The van der Waals surface area contributed by atoms with Gasteiger partial charge < -0.3 is 18.9 Å². The molecule has 0 atom stereocenters. The van der Waals surface area contributed by atoms with Crippen molar-refractivity contribution in [2.75, 3.05) is 0 Å². The summed E-state index contributed by atoms with van der Waals surface area (Å²) in [4.78, 5) is 48.2. The Morgan fingerprint density at radius 2 is 1.82 bits per heavy atom. The molecule has 168 valence electrons. The van der Waals surface area contributed by atoms with Crippen molar-refractivity contribution in [3.8, 4) is 17.2 Å². The van der Waals surface area contributed by atoms with Gasteiger partial charge in [-0.15, -0.1) is 0 Å². The molecule has 0 aliphatic carbocycles. The van der Waals surface area contributed by atoms with Crippen LogP contribution in [0.4, 0.5) is 0 Å². The molecule has 0 saturated heterocycles. The Hall–Kier alpha value is -4.20. The van der Waals surface area contributed by atoms with Gasteiger partial charge in [0, 0.05) is 29.2 Å². The first-order valence-corrected chi connectivity index (χ1v) is 10.2. The van der Waals surface area contributed by atoms with E-state index in [-0.39, 0.29) is 47.2 Å². The van der Waals surface area contributed by atoms with Gasteiger partial charge in [-0.1, -0.05) is 25.3 Å². The van der Waals surface area contributed by atoms with Crippen LogP contribution < -0.4 is 14.2 Å². The van der Waals surface area contributed by atoms with Crippen LogP contribution in [0.5, 0.6) is 17.2 Å². The van der Waals surface area contributed by atoms with Crippen molar-refractivity contribution in [1.29, 1.82) is 0 Å². The summed E-state index contributed by atoms with van der Waals surface area (Å²) < 4.78 is 20.9. The summed E-state index contributed by atoms with van der Waals surface area (Å²) >= 11 is 0. The van der Waals surface area contributed by atoms with Crippen molar-refractivity contribution in [1.82, 2.24) is 0 Å². The van der Waals surface area contributed by atoms with Crippen LogP contribution >= 0.6 is 0 Å². The molecule has 0 aromatic heterocycles. The molecule has 2 aromatic rings. The van der Waals surface area contributed by atoms with Crippen LogP contribution in [0.25, 0.3) is 0 Å². The van der Waals surface area contributed by atoms with Crippen molar-refractivity contribution >= 4 is 23.9 Å². The average Bonchev–Trinajstić information content (AvgIpc) is 3.17. The number of esters is 4. The summed E-state index contributed by atoms with van der Waals surface area (Å²) in [5.41, 5.74) is 2.46. The number of carbonyl (C=O) groups excluding carboxylic acids is 4. The largest absolute Gasteiger partial charge is 0.457 e. The molecule has 8 nitrogen and oxygen atoms in total. The highest BCUT2D eigenvalue weighted by Gasteiger charge is 2.30. The Balaban J connectivity index is 1.49. The highest BCUT2D eigenvalue weighted by molar-refractivity contribution is 5.99. The Bertz CT molecular complexity index is 1240. The quantitative estimate of drug-likeness (QED) is 0.376. The van der Waals surface area contributed by atoms with E-state index in [0.29, 0.717) is 29.7 Å². The van der Waals surface area contributed by atoms with Crippen LogP contribution in [0, 0.1) is 0 Å².